The third kappa shape index (κ3) is 5.90. The van der Waals surface area contributed by atoms with Crippen molar-refractivity contribution < 1.29 is 0 Å². The normalized spacial score (nSPS) is 20.2. The van der Waals surface area contributed by atoms with Gasteiger partial charge in [0.2, 0.25) is 0 Å². The number of aliphatic imine (C=N–C) groups is 1. The number of nitrogens with zero attached hydrogens (tertiary/aromatic N) is 3. The highest BCUT2D eigenvalue weighted by atomic mass is 127. The van der Waals surface area contributed by atoms with Gasteiger partial charge in [-0.15, -0.1) is 35.3 Å². The molecular formula is C17H31IN4S. The quantitative estimate of drug-likeness (QED) is 0.409. The molecule has 2 atom stereocenters. The lowest BCUT2D eigenvalue weighted by atomic mass is 10.1. The standard InChI is InChI=1S/C17H30N4S.HI/c1-5-21-10-6-8-15(21)13-20(4)17(18-3)19-12-14(2)16-9-7-11-22-16;/h7,9,11,14-15H,5-6,8,10,12-13H2,1-4H3,(H,18,19);1H. The molecule has 0 spiro atoms. The van der Waals surface area contributed by atoms with E-state index in [2.05, 4.69) is 58.5 Å². The molecule has 6 heteroatoms. The number of nitrogens with one attached hydrogen (secondary N) is 1. The predicted octanol–water partition coefficient (Wildman–Crippen LogP) is 3.46. The molecule has 0 saturated carbocycles. The first-order valence-electron chi connectivity index (χ1n) is 8.35. The SMILES string of the molecule is CCN1CCCC1CN(C)C(=NC)NCC(C)c1cccs1.I. The van der Waals surface area contributed by atoms with Gasteiger partial charge >= 0.3 is 0 Å². The van der Waals surface area contributed by atoms with E-state index in [1.54, 1.807) is 0 Å². The molecule has 1 aliphatic heterocycles. The summed E-state index contributed by atoms with van der Waals surface area (Å²) in [6.45, 7) is 8.91. The summed E-state index contributed by atoms with van der Waals surface area (Å²) in [6, 6.07) is 5.00. The van der Waals surface area contributed by atoms with E-state index in [0.29, 0.717) is 12.0 Å². The summed E-state index contributed by atoms with van der Waals surface area (Å²) in [5, 5.41) is 5.67. The molecule has 1 saturated heterocycles. The number of thiophene rings is 1. The summed E-state index contributed by atoms with van der Waals surface area (Å²) < 4.78 is 0. The zero-order valence-corrected chi connectivity index (χ0v) is 17.9. The lowest BCUT2D eigenvalue weighted by molar-refractivity contribution is 0.232. The number of likely N-dealkylation sites (tertiary alicyclic amines) is 1. The summed E-state index contributed by atoms with van der Waals surface area (Å²) in [6.07, 6.45) is 2.63. The van der Waals surface area contributed by atoms with Gasteiger partial charge in [0.05, 0.1) is 0 Å². The average molecular weight is 450 g/mol. The summed E-state index contributed by atoms with van der Waals surface area (Å²) in [7, 11) is 4.03. The third-order valence-corrected chi connectivity index (χ3v) is 5.66. The average Bonchev–Trinajstić information content (AvgIpc) is 3.18. The zero-order chi connectivity index (χ0) is 15.9. The van der Waals surface area contributed by atoms with E-state index >= 15 is 0 Å². The lowest BCUT2D eigenvalue weighted by Gasteiger charge is -2.30. The molecule has 0 radical (unpaired) electrons. The Kier molecular flexibility index (Phi) is 9.46. The summed E-state index contributed by atoms with van der Waals surface area (Å²) in [4.78, 5) is 10.7. The van der Waals surface area contributed by atoms with Gasteiger partial charge in [-0.2, -0.15) is 0 Å². The van der Waals surface area contributed by atoms with Crippen molar-refractivity contribution in [2.75, 3.05) is 40.3 Å². The van der Waals surface area contributed by atoms with E-state index in [0.717, 1.165) is 25.6 Å². The Balaban J connectivity index is 0.00000264. The van der Waals surface area contributed by atoms with Crippen LogP contribution in [-0.4, -0.2) is 62.1 Å². The Morgan fingerprint density at radius 1 is 1.57 bits per heavy atom. The van der Waals surface area contributed by atoms with Gasteiger partial charge in [-0.3, -0.25) is 9.89 Å². The fourth-order valence-corrected chi connectivity index (χ4v) is 4.01. The van der Waals surface area contributed by atoms with Crippen LogP contribution in [-0.2, 0) is 0 Å². The highest BCUT2D eigenvalue weighted by Gasteiger charge is 2.25. The van der Waals surface area contributed by atoms with Crippen molar-refractivity contribution in [1.29, 1.82) is 0 Å². The zero-order valence-electron chi connectivity index (χ0n) is 14.8. The van der Waals surface area contributed by atoms with Gasteiger partial charge in [-0.05, 0) is 37.4 Å². The van der Waals surface area contributed by atoms with E-state index in [9.17, 15) is 0 Å². The molecule has 1 aromatic heterocycles. The van der Waals surface area contributed by atoms with Crippen LogP contribution < -0.4 is 5.32 Å². The molecule has 23 heavy (non-hydrogen) atoms. The summed E-state index contributed by atoms with van der Waals surface area (Å²) in [5.41, 5.74) is 0. The van der Waals surface area contributed by atoms with Gasteiger partial charge in [0, 0.05) is 44.0 Å². The van der Waals surface area contributed by atoms with Crippen molar-refractivity contribution in [3.8, 4) is 0 Å². The summed E-state index contributed by atoms with van der Waals surface area (Å²) in [5.74, 6) is 1.52. The van der Waals surface area contributed by atoms with Crippen molar-refractivity contribution >= 4 is 41.3 Å². The molecular weight excluding hydrogens is 419 g/mol. The van der Waals surface area contributed by atoms with E-state index in [1.807, 2.05) is 18.4 Å². The fraction of sp³-hybridized carbons (Fsp3) is 0.706. The van der Waals surface area contributed by atoms with Crippen LogP contribution >= 0.6 is 35.3 Å². The molecule has 132 valence electrons. The van der Waals surface area contributed by atoms with Gasteiger partial charge in [0.1, 0.15) is 0 Å². The van der Waals surface area contributed by atoms with E-state index in [4.69, 9.17) is 0 Å². The van der Waals surface area contributed by atoms with Crippen LogP contribution in [0.3, 0.4) is 0 Å². The molecule has 0 aliphatic carbocycles. The van der Waals surface area contributed by atoms with Crippen LogP contribution in [0.2, 0.25) is 0 Å². The first-order valence-corrected chi connectivity index (χ1v) is 9.22. The first-order chi connectivity index (χ1) is 10.7. The smallest absolute Gasteiger partial charge is 0.193 e. The second kappa shape index (κ2) is 10.5. The molecule has 0 amide bonds. The fourth-order valence-electron chi connectivity index (χ4n) is 3.22. The topological polar surface area (TPSA) is 30.9 Å². The largest absolute Gasteiger partial charge is 0.356 e. The predicted molar refractivity (Wildman–Crippen MR) is 112 cm³/mol. The van der Waals surface area contributed by atoms with Crippen molar-refractivity contribution in [2.45, 2.75) is 38.6 Å². The van der Waals surface area contributed by atoms with Crippen molar-refractivity contribution in [1.82, 2.24) is 15.1 Å². The maximum atomic E-state index is 4.45. The number of hydrogen-bond acceptors (Lipinski definition) is 3. The van der Waals surface area contributed by atoms with Crippen LogP contribution in [0.15, 0.2) is 22.5 Å². The maximum absolute atomic E-state index is 4.45. The molecule has 2 unspecified atom stereocenters. The van der Waals surface area contributed by atoms with Gasteiger partial charge in [0.15, 0.2) is 5.96 Å². The summed E-state index contributed by atoms with van der Waals surface area (Å²) >= 11 is 1.83. The van der Waals surface area contributed by atoms with Crippen LogP contribution in [0.25, 0.3) is 0 Å². The Bertz CT molecular complexity index is 463. The highest BCUT2D eigenvalue weighted by molar-refractivity contribution is 14.0. The van der Waals surface area contributed by atoms with E-state index < -0.39 is 0 Å². The Morgan fingerprint density at radius 3 is 2.96 bits per heavy atom. The molecule has 1 aliphatic rings. The molecule has 2 rings (SSSR count). The van der Waals surface area contributed by atoms with Crippen molar-refractivity contribution in [3.05, 3.63) is 22.4 Å². The number of guanidine groups is 1. The number of rotatable bonds is 6. The van der Waals surface area contributed by atoms with Crippen LogP contribution in [0.4, 0.5) is 0 Å². The van der Waals surface area contributed by atoms with Gasteiger partial charge in [-0.1, -0.05) is 19.9 Å². The van der Waals surface area contributed by atoms with Crippen LogP contribution in [0.1, 0.15) is 37.5 Å². The van der Waals surface area contributed by atoms with Crippen molar-refractivity contribution in [2.24, 2.45) is 4.99 Å². The van der Waals surface area contributed by atoms with Gasteiger partial charge in [0.25, 0.3) is 0 Å². The lowest BCUT2D eigenvalue weighted by Crippen LogP contribution is -2.46. The molecule has 0 aromatic carbocycles. The third-order valence-electron chi connectivity index (χ3n) is 4.56. The Labute approximate surface area is 162 Å². The molecule has 1 N–H and O–H groups in total. The monoisotopic (exact) mass is 450 g/mol. The van der Waals surface area contributed by atoms with Crippen molar-refractivity contribution in [3.63, 3.8) is 0 Å². The second-order valence-electron chi connectivity index (χ2n) is 6.15. The number of halogens is 1. The first kappa shape index (κ1) is 20.7. The maximum Gasteiger partial charge on any atom is 0.193 e. The van der Waals surface area contributed by atoms with E-state index in [-0.39, 0.29) is 24.0 Å². The van der Waals surface area contributed by atoms with Crippen LogP contribution in [0.5, 0.6) is 0 Å². The minimum Gasteiger partial charge on any atom is -0.356 e. The number of likely N-dealkylation sites (N-methyl/N-ethyl adjacent to an activating group) is 2. The highest BCUT2D eigenvalue weighted by Crippen LogP contribution is 2.20. The van der Waals surface area contributed by atoms with E-state index in [1.165, 1.54) is 24.3 Å². The van der Waals surface area contributed by atoms with Gasteiger partial charge < -0.3 is 10.2 Å². The molecule has 2 heterocycles. The number of hydrogen-bond donors (Lipinski definition) is 1. The molecule has 0 bridgehead atoms. The Hall–Kier alpha value is -0.340. The minimum absolute atomic E-state index is 0. The van der Waals surface area contributed by atoms with Crippen LogP contribution in [0, 0.1) is 0 Å². The minimum atomic E-state index is 0. The van der Waals surface area contributed by atoms with Gasteiger partial charge in [-0.25, -0.2) is 0 Å². The second-order valence-corrected chi connectivity index (χ2v) is 7.13. The molecule has 1 aromatic rings. The Morgan fingerprint density at radius 2 is 2.35 bits per heavy atom. The molecule has 1 fully saturated rings. The molecule has 4 nitrogen and oxygen atoms in total.